The molecule has 2 fully saturated rings. The number of H-pyrrole nitrogens is 2. The van der Waals surface area contributed by atoms with Gasteiger partial charge in [0.2, 0.25) is 0 Å². The van der Waals surface area contributed by atoms with Crippen LogP contribution < -0.4 is 11.0 Å². The van der Waals surface area contributed by atoms with Crippen molar-refractivity contribution < 1.29 is 4.74 Å². The monoisotopic (exact) mass is 273 g/mol. The summed E-state index contributed by atoms with van der Waals surface area (Å²) in [5.74, 6) is 0.603. The van der Waals surface area contributed by atoms with Crippen LogP contribution >= 0.6 is 0 Å². The van der Waals surface area contributed by atoms with Crippen molar-refractivity contribution in [2.45, 2.75) is 32.4 Å². The number of fused-ring (bicyclic) bond motifs is 2. The fourth-order valence-electron chi connectivity index (χ4n) is 3.92. The number of aromatic nitrogens is 2. The van der Waals surface area contributed by atoms with Gasteiger partial charge in [-0.2, -0.15) is 0 Å². The summed E-state index contributed by atoms with van der Waals surface area (Å²) in [5.41, 5.74) is 2.73. The van der Waals surface area contributed by atoms with Crippen molar-refractivity contribution in [3.63, 3.8) is 0 Å². The molecule has 3 N–H and O–H groups in total. The van der Waals surface area contributed by atoms with E-state index in [0.29, 0.717) is 18.1 Å². The zero-order chi connectivity index (χ0) is 13.9. The van der Waals surface area contributed by atoms with Gasteiger partial charge in [-0.05, 0) is 24.6 Å². The van der Waals surface area contributed by atoms with Gasteiger partial charge in [-0.3, -0.25) is 0 Å². The summed E-state index contributed by atoms with van der Waals surface area (Å²) in [4.78, 5) is 16.9. The van der Waals surface area contributed by atoms with Crippen LogP contribution in [-0.4, -0.2) is 28.7 Å². The molecule has 3 atom stereocenters. The van der Waals surface area contributed by atoms with Crippen LogP contribution in [0.25, 0.3) is 11.0 Å². The Kier molecular flexibility index (Phi) is 2.33. The van der Waals surface area contributed by atoms with Gasteiger partial charge in [-0.15, -0.1) is 0 Å². The molecule has 0 amide bonds. The minimum Gasteiger partial charge on any atom is -0.381 e. The molecule has 2 aliphatic rings. The zero-order valence-corrected chi connectivity index (χ0v) is 11.7. The number of benzene rings is 1. The Hall–Kier alpha value is -1.75. The van der Waals surface area contributed by atoms with E-state index in [1.54, 1.807) is 0 Å². The first-order valence-corrected chi connectivity index (χ1v) is 7.16. The first-order valence-electron chi connectivity index (χ1n) is 7.16. The summed E-state index contributed by atoms with van der Waals surface area (Å²) in [6.07, 6.45) is 1.52. The van der Waals surface area contributed by atoms with Crippen LogP contribution in [0.4, 0.5) is 5.69 Å². The molecule has 2 heterocycles. The van der Waals surface area contributed by atoms with Crippen molar-refractivity contribution in [1.29, 1.82) is 0 Å². The average Bonchev–Trinajstić information content (AvgIpc) is 2.99. The Morgan fingerprint density at radius 2 is 2.10 bits per heavy atom. The summed E-state index contributed by atoms with van der Waals surface area (Å²) >= 11 is 0. The fraction of sp³-hybridized carbons (Fsp3) is 0.533. The molecule has 2 aromatic rings. The number of ether oxygens (including phenoxy) is 1. The maximum Gasteiger partial charge on any atom is 0.323 e. The van der Waals surface area contributed by atoms with Crippen molar-refractivity contribution in [1.82, 2.24) is 9.97 Å². The van der Waals surface area contributed by atoms with Gasteiger partial charge in [-0.1, -0.05) is 13.8 Å². The third kappa shape index (κ3) is 1.56. The molecule has 106 valence electrons. The summed E-state index contributed by atoms with van der Waals surface area (Å²) in [5, 5.41) is 3.63. The number of hydrogen-bond donors (Lipinski definition) is 3. The van der Waals surface area contributed by atoms with Crippen LogP contribution in [-0.2, 0) is 4.74 Å². The van der Waals surface area contributed by atoms with E-state index in [9.17, 15) is 4.79 Å². The average molecular weight is 273 g/mol. The van der Waals surface area contributed by atoms with Gasteiger partial charge < -0.3 is 20.0 Å². The van der Waals surface area contributed by atoms with Gasteiger partial charge in [0.25, 0.3) is 0 Å². The van der Waals surface area contributed by atoms with E-state index < -0.39 is 0 Å². The van der Waals surface area contributed by atoms with E-state index in [0.717, 1.165) is 29.7 Å². The van der Waals surface area contributed by atoms with E-state index in [4.69, 9.17) is 4.74 Å². The van der Waals surface area contributed by atoms with Gasteiger partial charge in [0, 0.05) is 29.7 Å². The molecule has 1 aromatic carbocycles. The second kappa shape index (κ2) is 3.88. The molecular formula is C15H19N3O2. The maximum atomic E-state index is 11.3. The Morgan fingerprint density at radius 3 is 2.95 bits per heavy atom. The van der Waals surface area contributed by atoms with Gasteiger partial charge in [0.15, 0.2) is 0 Å². The van der Waals surface area contributed by atoms with Crippen LogP contribution in [0.3, 0.4) is 0 Å². The highest BCUT2D eigenvalue weighted by molar-refractivity contribution is 5.78. The van der Waals surface area contributed by atoms with E-state index in [2.05, 4.69) is 29.1 Å². The SMILES string of the molecule is CC1(C)C(Nc2ccc3[nH]c(=O)[nH]c3c2)C2CCOC21. The second-order valence-corrected chi connectivity index (χ2v) is 6.53. The molecule has 1 aliphatic carbocycles. The Balaban J connectivity index is 1.62. The van der Waals surface area contributed by atoms with Crippen LogP contribution in [0.1, 0.15) is 20.3 Å². The summed E-state index contributed by atoms with van der Waals surface area (Å²) < 4.78 is 5.82. The molecule has 0 spiro atoms. The minimum atomic E-state index is -0.162. The lowest BCUT2D eigenvalue weighted by atomic mass is 9.57. The van der Waals surface area contributed by atoms with E-state index in [1.165, 1.54) is 0 Å². The van der Waals surface area contributed by atoms with E-state index in [-0.39, 0.29) is 11.1 Å². The molecule has 1 aliphatic heterocycles. The first kappa shape index (κ1) is 12.0. The predicted molar refractivity (Wildman–Crippen MR) is 78.0 cm³/mol. The van der Waals surface area contributed by atoms with Crippen molar-refractivity contribution in [2.75, 3.05) is 11.9 Å². The molecule has 5 nitrogen and oxygen atoms in total. The second-order valence-electron chi connectivity index (χ2n) is 6.53. The Bertz CT molecular complexity index is 715. The molecule has 1 saturated carbocycles. The van der Waals surface area contributed by atoms with Crippen LogP contribution in [0.5, 0.6) is 0 Å². The number of aromatic amines is 2. The zero-order valence-electron chi connectivity index (χ0n) is 11.7. The number of imidazole rings is 1. The third-order valence-electron chi connectivity index (χ3n) is 4.94. The molecule has 1 saturated heterocycles. The summed E-state index contributed by atoms with van der Waals surface area (Å²) in [6, 6.07) is 6.37. The summed E-state index contributed by atoms with van der Waals surface area (Å²) in [7, 11) is 0. The molecular weight excluding hydrogens is 254 g/mol. The smallest absolute Gasteiger partial charge is 0.323 e. The standard InChI is InChI=1S/C15H19N3O2/c1-15(2)12(9-5-6-20-13(9)15)16-8-3-4-10-11(7-8)18-14(19)17-10/h3-4,7,9,12-13,16H,5-6H2,1-2H3,(H2,17,18,19). The van der Waals surface area contributed by atoms with Gasteiger partial charge in [-0.25, -0.2) is 4.79 Å². The van der Waals surface area contributed by atoms with Crippen LogP contribution in [0.2, 0.25) is 0 Å². The molecule has 3 unspecified atom stereocenters. The molecule has 1 aromatic heterocycles. The van der Waals surface area contributed by atoms with Gasteiger partial charge in [0.1, 0.15) is 0 Å². The van der Waals surface area contributed by atoms with Crippen LogP contribution in [0.15, 0.2) is 23.0 Å². The lowest BCUT2D eigenvalue weighted by Gasteiger charge is -2.55. The van der Waals surface area contributed by atoms with Crippen molar-refractivity contribution in [3.8, 4) is 0 Å². The highest BCUT2D eigenvalue weighted by Gasteiger charge is 2.59. The molecule has 5 heteroatoms. The Morgan fingerprint density at radius 1 is 1.30 bits per heavy atom. The third-order valence-corrected chi connectivity index (χ3v) is 4.94. The number of rotatable bonds is 2. The van der Waals surface area contributed by atoms with E-state index in [1.807, 2.05) is 18.2 Å². The van der Waals surface area contributed by atoms with E-state index >= 15 is 0 Å². The molecule has 4 rings (SSSR count). The van der Waals surface area contributed by atoms with Crippen molar-refractivity contribution in [3.05, 3.63) is 28.7 Å². The predicted octanol–water partition coefficient (Wildman–Crippen LogP) is 2.08. The van der Waals surface area contributed by atoms with Gasteiger partial charge in [0.05, 0.1) is 17.1 Å². The number of anilines is 1. The quantitative estimate of drug-likeness (QED) is 0.784. The topological polar surface area (TPSA) is 69.9 Å². The highest BCUT2D eigenvalue weighted by Crippen LogP contribution is 2.53. The lowest BCUT2D eigenvalue weighted by molar-refractivity contribution is -0.0923. The highest BCUT2D eigenvalue weighted by atomic mass is 16.5. The number of hydrogen-bond acceptors (Lipinski definition) is 3. The minimum absolute atomic E-state index is 0.154. The summed E-state index contributed by atoms with van der Waals surface area (Å²) in [6.45, 7) is 5.39. The largest absolute Gasteiger partial charge is 0.381 e. The number of nitrogens with one attached hydrogen (secondary N) is 3. The molecule has 0 radical (unpaired) electrons. The normalized spacial score (nSPS) is 31.0. The van der Waals surface area contributed by atoms with Crippen molar-refractivity contribution in [2.24, 2.45) is 11.3 Å². The Labute approximate surface area is 116 Å². The van der Waals surface area contributed by atoms with Crippen molar-refractivity contribution >= 4 is 16.7 Å². The maximum absolute atomic E-state index is 11.3. The van der Waals surface area contributed by atoms with Gasteiger partial charge >= 0.3 is 5.69 Å². The molecule has 0 bridgehead atoms. The fourth-order valence-corrected chi connectivity index (χ4v) is 3.92. The lowest BCUT2D eigenvalue weighted by Crippen LogP contribution is -2.63. The molecule has 20 heavy (non-hydrogen) atoms. The van der Waals surface area contributed by atoms with Crippen LogP contribution in [0, 0.1) is 11.3 Å². The first-order chi connectivity index (χ1) is 9.55.